The average molecular weight is 280 g/mol. The summed E-state index contributed by atoms with van der Waals surface area (Å²) in [5.41, 5.74) is 0.386. The first-order valence-electron chi connectivity index (χ1n) is 5.91. The summed E-state index contributed by atoms with van der Waals surface area (Å²) in [4.78, 5) is 0.142. The van der Waals surface area contributed by atoms with E-state index in [2.05, 4.69) is 5.10 Å². The van der Waals surface area contributed by atoms with Crippen LogP contribution < -0.4 is 0 Å². The Morgan fingerprint density at radius 1 is 1.21 bits per heavy atom. The average Bonchev–Trinajstić information content (AvgIpc) is 2.66. The third-order valence-corrected chi connectivity index (χ3v) is 4.71. The first-order chi connectivity index (χ1) is 8.85. The molecule has 0 saturated carbocycles. The van der Waals surface area contributed by atoms with Gasteiger partial charge in [-0.3, -0.25) is 4.68 Å². The molecule has 0 fully saturated rings. The predicted molar refractivity (Wildman–Crippen MR) is 70.9 cm³/mol. The molecule has 0 bridgehead atoms. The molecule has 0 aliphatic carbocycles. The number of aromatic nitrogens is 2. The molecule has 1 aromatic heterocycles. The molecule has 19 heavy (non-hydrogen) atoms. The van der Waals surface area contributed by atoms with E-state index in [0.717, 1.165) is 0 Å². The van der Waals surface area contributed by atoms with E-state index < -0.39 is 9.84 Å². The number of sulfone groups is 1. The van der Waals surface area contributed by atoms with Crippen molar-refractivity contribution in [2.75, 3.05) is 0 Å². The van der Waals surface area contributed by atoms with E-state index >= 15 is 0 Å². The van der Waals surface area contributed by atoms with Crippen molar-refractivity contribution in [3.8, 4) is 5.75 Å². The summed E-state index contributed by atoms with van der Waals surface area (Å²) in [5, 5.41) is 14.0. The molecule has 1 heterocycles. The molecule has 0 atom stereocenters. The van der Waals surface area contributed by atoms with E-state index in [1.807, 2.05) is 13.8 Å². The lowest BCUT2D eigenvalue weighted by molar-refractivity contribution is 0.445. The Morgan fingerprint density at radius 2 is 1.79 bits per heavy atom. The summed E-state index contributed by atoms with van der Waals surface area (Å²) in [6, 6.07) is 8.02. The van der Waals surface area contributed by atoms with Gasteiger partial charge < -0.3 is 5.11 Å². The molecule has 1 aromatic carbocycles. The van der Waals surface area contributed by atoms with Gasteiger partial charge in [0.05, 0.1) is 4.90 Å². The molecule has 2 rings (SSSR count). The maximum atomic E-state index is 12.5. The van der Waals surface area contributed by atoms with Gasteiger partial charge >= 0.3 is 0 Å². The van der Waals surface area contributed by atoms with E-state index in [-0.39, 0.29) is 21.6 Å². The molecule has 0 radical (unpaired) electrons. The summed E-state index contributed by atoms with van der Waals surface area (Å²) < 4.78 is 26.2. The van der Waals surface area contributed by atoms with Crippen LogP contribution in [0.15, 0.2) is 40.3 Å². The van der Waals surface area contributed by atoms with Crippen molar-refractivity contribution in [1.82, 2.24) is 9.78 Å². The van der Waals surface area contributed by atoms with Crippen molar-refractivity contribution in [3.63, 3.8) is 0 Å². The van der Waals surface area contributed by atoms with Gasteiger partial charge in [-0.25, -0.2) is 8.42 Å². The van der Waals surface area contributed by atoms with Crippen molar-refractivity contribution in [2.45, 2.75) is 29.7 Å². The molecule has 0 amide bonds. The number of hydrogen-bond donors (Lipinski definition) is 1. The van der Waals surface area contributed by atoms with Crippen molar-refractivity contribution < 1.29 is 13.5 Å². The Morgan fingerprint density at radius 3 is 2.26 bits per heavy atom. The van der Waals surface area contributed by atoms with Crippen LogP contribution in [0.4, 0.5) is 0 Å². The van der Waals surface area contributed by atoms with E-state index in [1.54, 1.807) is 18.2 Å². The van der Waals surface area contributed by atoms with E-state index in [9.17, 15) is 13.5 Å². The molecular formula is C13H16N2O3S. The third kappa shape index (κ3) is 2.23. The molecule has 0 unspecified atom stereocenters. The minimum Gasteiger partial charge on any atom is -0.504 e. The fourth-order valence-electron chi connectivity index (χ4n) is 1.92. The van der Waals surface area contributed by atoms with Gasteiger partial charge in [-0.05, 0) is 12.1 Å². The maximum Gasteiger partial charge on any atom is 0.227 e. The van der Waals surface area contributed by atoms with Gasteiger partial charge in [-0.2, -0.15) is 5.10 Å². The van der Waals surface area contributed by atoms with Gasteiger partial charge in [0, 0.05) is 13.0 Å². The van der Waals surface area contributed by atoms with Crippen molar-refractivity contribution in [3.05, 3.63) is 36.0 Å². The molecule has 0 spiro atoms. The Kier molecular flexibility index (Phi) is 3.36. The summed E-state index contributed by atoms with van der Waals surface area (Å²) >= 11 is 0. The lowest BCUT2D eigenvalue weighted by Crippen LogP contribution is -2.08. The van der Waals surface area contributed by atoms with Crippen LogP contribution in [0.2, 0.25) is 0 Å². The van der Waals surface area contributed by atoms with E-state index in [4.69, 9.17) is 0 Å². The maximum absolute atomic E-state index is 12.5. The minimum atomic E-state index is -3.76. The van der Waals surface area contributed by atoms with Crippen LogP contribution >= 0.6 is 0 Å². The first kappa shape index (κ1) is 13.6. The minimum absolute atomic E-state index is 0.0501. The Balaban J connectivity index is 2.66. The lowest BCUT2D eigenvalue weighted by Gasteiger charge is -2.05. The van der Waals surface area contributed by atoms with Gasteiger partial charge in [0.2, 0.25) is 14.9 Å². The quantitative estimate of drug-likeness (QED) is 0.934. The number of aryl methyl sites for hydroxylation is 1. The Hall–Kier alpha value is -1.82. The number of aromatic hydroxyl groups is 1. The molecule has 1 N–H and O–H groups in total. The summed E-state index contributed by atoms with van der Waals surface area (Å²) in [6.07, 6.45) is 0. The Labute approximate surface area is 112 Å². The molecule has 102 valence electrons. The second-order valence-corrected chi connectivity index (χ2v) is 6.50. The molecule has 5 nitrogen and oxygen atoms in total. The zero-order chi connectivity index (χ0) is 14.2. The van der Waals surface area contributed by atoms with Crippen molar-refractivity contribution in [2.24, 2.45) is 7.05 Å². The highest BCUT2D eigenvalue weighted by Gasteiger charge is 2.29. The zero-order valence-corrected chi connectivity index (χ0v) is 11.8. The summed E-state index contributed by atoms with van der Waals surface area (Å²) in [7, 11) is -2.25. The largest absolute Gasteiger partial charge is 0.504 e. The van der Waals surface area contributed by atoms with Crippen LogP contribution in [0.3, 0.4) is 0 Å². The molecule has 6 heteroatoms. The molecule has 0 saturated heterocycles. The smallest absolute Gasteiger partial charge is 0.227 e. The van der Waals surface area contributed by atoms with Gasteiger partial charge in [0.1, 0.15) is 5.69 Å². The van der Waals surface area contributed by atoms with Crippen molar-refractivity contribution in [1.29, 1.82) is 0 Å². The standard InChI is InChI=1S/C13H16N2O3S/c1-9(2)11-12(16)13(15(3)14-11)19(17,18)10-7-5-4-6-8-10/h4-9,16H,1-3H3. The fourth-order valence-corrected chi connectivity index (χ4v) is 3.41. The van der Waals surface area contributed by atoms with Crippen LogP contribution in [-0.2, 0) is 16.9 Å². The number of nitrogens with zero attached hydrogens (tertiary/aromatic N) is 2. The number of benzene rings is 1. The van der Waals surface area contributed by atoms with Crippen molar-refractivity contribution >= 4 is 9.84 Å². The van der Waals surface area contributed by atoms with Gasteiger partial charge in [-0.15, -0.1) is 0 Å². The fraction of sp³-hybridized carbons (Fsp3) is 0.308. The van der Waals surface area contributed by atoms with Crippen LogP contribution in [0.25, 0.3) is 0 Å². The summed E-state index contributed by atoms with van der Waals surface area (Å²) in [5.74, 6) is -0.313. The van der Waals surface area contributed by atoms with E-state index in [0.29, 0.717) is 5.69 Å². The third-order valence-electron chi connectivity index (χ3n) is 2.85. The highest BCUT2D eigenvalue weighted by Crippen LogP contribution is 2.34. The second-order valence-electron chi connectivity index (χ2n) is 4.63. The summed E-state index contributed by atoms with van der Waals surface area (Å²) in [6.45, 7) is 3.70. The molecule has 0 aliphatic heterocycles. The highest BCUT2D eigenvalue weighted by molar-refractivity contribution is 7.91. The lowest BCUT2D eigenvalue weighted by atomic mass is 10.1. The predicted octanol–water partition coefficient (Wildman–Crippen LogP) is 2.08. The van der Waals surface area contributed by atoms with Crippen LogP contribution in [0, 0.1) is 0 Å². The monoisotopic (exact) mass is 280 g/mol. The van der Waals surface area contributed by atoms with Gasteiger partial charge in [0.15, 0.2) is 5.75 Å². The van der Waals surface area contributed by atoms with Gasteiger partial charge in [0.25, 0.3) is 0 Å². The topological polar surface area (TPSA) is 72.2 Å². The molecular weight excluding hydrogens is 264 g/mol. The molecule has 0 aliphatic rings. The number of hydrogen-bond acceptors (Lipinski definition) is 4. The molecule has 2 aromatic rings. The van der Waals surface area contributed by atoms with Gasteiger partial charge in [-0.1, -0.05) is 32.0 Å². The Bertz CT molecular complexity index is 688. The van der Waals surface area contributed by atoms with Crippen LogP contribution in [0.5, 0.6) is 5.75 Å². The normalized spacial score (nSPS) is 12.0. The highest BCUT2D eigenvalue weighted by atomic mass is 32.2. The second kappa shape index (κ2) is 4.70. The SMILES string of the molecule is CC(C)c1nn(C)c(S(=O)(=O)c2ccccc2)c1O. The van der Waals surface area contributed by atoms with Crippen LogP contribution in [0.1, 0.15) is 25.5 Å². The van der Waals surface area contributed by atoms with Crippen LogP contribution in [-0.4, -0.2) is 23.3 Å². The first-order valence-corrected chi connectivity index (χ1v) is 7.40. The zero-order valence-electron chi connectivity index (χ0n) is 11.0. The van der Waals surface area contributed by atoms with E-state index in [1.165, 1.54) is 23.9 Å². The number of rotatable bonds is 3.